The average molecular weight is 287 g/mol. The number of nitrogens with zero attached hydrogens (tertiary/aromatic N) is 2. The summed E-state index contributed by atoms with van der Waals surface area (Å²) >= 11 is 0. The van der Waals surface area contributed by atoms with Crippen molar-refractivity contribution < 1.29 is 13.9 Å². The number of benzene rings is 1. The van der Waals surface area contributed by atoms with Crippen molar-refractivity contribution in [3.63, 3.8) is 0 Å². The Morgan fingerprint density at radius 2 is 2.14 bits per heavy atom. The summed E-state index contributed by atoms with van der Waals surface area (Å²) in [6, 6.07) is 7.13. The summed E-state index contributed by atoms with van der Waals surface area (Å²) in [4.78, 5) is 11.4. The first-order valence-electron chi connectivity index (χ1n) is 6.66. The SMILES string of the molecule is C=CCNC(=O)COc1ccc(-c2nnc(CC)o2)cc1. The lowest BCUT2D eigenvalue weighted by atomic mass is 10.2. The number of carbonyl (C=O) groups is 1. The van der Waals surface area contributed by atoms with Gasteiger partial charge in [0.25, 0.3) is 5.91 Å². The van der Waals surface area contributed by atoms with Crippen LogP contribution in [0.15, 0.2) is 41.3 Å². The summed E-state index contributed by atoms with van der Waals surface area (Å²) in [5.41, 5.74) is 0.811. The van der Waals surface area contributed by atoms with Crippen molar-refractivity contribution in [2.75, 3.05) is 13.2 Å². The molecule has 1 aromatic carbocycles. The number of amides is 1. The van der Waals surface area contributed by atoms with Crippen LogP contribution in [0.5, 0.6) is 5.75 Å². The molecule has 1 heterocycles. The maximum Gasteiger partial charge on any atom is 0.258 e. The molecule has 0 bridgehead atoms. The zero-order valence-electron chi connectivity index (χ0n) is 11.8. The van der Waals surface area contributed by atoms with Crippen LogP contribution in [0, 0.1) is 0 Å². The molecule has 0 aliphatic rings. The highest BCUT2D eigenvalue weighted by molar-refractivity contribution is 5.77. The van der Waals surface area contributed by atoms with Crippen molar-refractivity contribution in [1.82, 2.24) is 15.5 Å². The van der Waals surface area contributed by atoms with Crippen LogP contribution in [0.1, 0.15) is 12.8 Å². The molecule has 0 radical (unpaired) electrons. The number of nitrogens with one attached hydrogen (secondary N) is 1. The van der Waals surface area contributed by atoms with Gasteiger partial charge in [0.15, 0.2) is 6.61 Å². The van der Waals surface area contributed by atoms with Crippen molar-refractivity contribution in [1.29, 1.82) is 0 Å². The summed E-state index contributed by atoms with van der Waals surface area (Å²) in [6.07, 6.45) is 2.32. The molecular formula is C15H17N3O3. The van der Waals surface area contributed by atoms with Crippen LogP contribution in [0.25, 0.3) is 11.5 Å². The minimum atomic E-state index is -0.191. The summed E-state index contributed by atoms with van der Waals surface area (Å²) < 4.78 is 10.8. The number of carbonyl (C=O) groups excluding carboxylic acids is 1. The lowest BCUT2D eigenvalue weighted by Crippen LogP contribution is -2.28. The first-order valence-corrected chi connectivity index (χ1v) is 6.66. The molecule has 6 heteroatoms. The van der Waals surface area contributed by atoms with E-state index in [1.807, 2.05) is 19.1 Å². The fourth-order valence-corrected chi connectivity index (χ4v) is 1.59. The number of aryl methyl sites for hydroxylation is 1. The number of ether oxygens (including phenoxy) is 1. The molecule has 1 N–H and O–H groups in total. The third-order valence-corrected chi connectivity index (χ3v) is 2.68. The molecule has 110 valence electrons. The van der Waals surface area contributed by atoms with E-state index in [1.54, 1.807) is 18.2 Å². The quantitative estimate of drug-likeness (QED) is 0.788. The fourth-order valence-electron chi connectivity index (χ4n) is 1.59. The van der Waals surface area contributed by atoms with Crippen LogP contribution in [0.3, 0.4) is 0 Å². The van der Waals surface area contributed by atoms with Crippen molar-refractivity contribution in [3.8, 4) is 17.2 Å². The van der Waals surface area contributed by atoms with Crippen molar-refractivity contribution >= 4 is 5.91 Å². The largest absolute Gasteiger partial charge is 0.484 e. The second kappa shape index (κ2) is 7.23. The highest BCUT2D eigenvalue weighted by atomic mass is 16.5. The Kier molecular flexibility index (Phi) is 5.09. The van der Waals surface area contributed by atoms with Crippen molar-refractivity contribution in [3.05, 3.63) is 42.8 Å². The lowest BCUT2D eigenvalue weighted by Gasteiger charge is -2.06. The zero-order valence-corrected chi connectivity index (χ0v) is 11.8. The predicted octanol–water partition coefficient (Wildman–Crippen LogP) is 1.98. The van der Waals surface area contributed by atoms with Crippen LogP contribution in [0.2, 0.25) is 0 Å². The fraction of sp³-hybridized carbons (Fsp3) is 0.267. The third-order valence-electron chi connectivity index (χ3n) is 2.68. The van der Waals surface area contributed by atoms with Gasteiger partial charge in [-0.3, -0.25) is 4.79 Å². The van der Waals surface area contributed by atoms with Gasteiger partial charge in [0.05, 0.1) is 0 Å². The molecule has 0 spiro atoms. The molecule has 21 heavy (non-hydrogen) atoms. The molecule has 2 rings (SSSR count). The molecule has 0 aliphatic carbocycles. The normalized spacial score (nSPS) is 10.1. The zero-order chi connectivity index (χ0) is 15.1. The van der Waals surface area contributed by atoms with E-state index in [2.05, 4.69) is 22.1 Å². The van der Waals surface area contributed by atoms with Crippen molar-refractivity contribution in [2.24, 2.45) is 0 Å². The first-order chi connectivity index (χ1) is 10.2. The van der Waals surface area contributed by atoms with E-state index >= 15 is 0 Å². The van der Waals surface area contributed by atoms with Crippen LogP contribution in [0.4, 0.5) is 0 Å². The Balaban J connectivity index is 1.92. The summed E-state index contributed by atoms with van der Waals surface area (Å²) in [5, 5.41) is 10.5. The lowest BCUT2D eigenvalue weighted by molar-refractivity contribution is -0.122. The minimum absolute atomic E-state index is 0.0340. The molecule has 2 aromatic rings. The highest BCUT2D eigenvalue weighted by Crippen LogP contribution is 2.21. The Labute approximate surface area is 122 Å². The van der Waals surface area contributed by atoms with Gasteiger partial charge in [0, 0.05) is 18.5 Å². The van der Waals surface area contributed by atoms with Gasteiger partial charge in [-0.1, -0.05) is 13.0 Å². The number of hydrogen-bond acceptors (Lipinski definition) is 5. The molecule has 1 aromatic heterocycles. The monoisotopic (exact) mass is 287 g/mol. The predicted molar refractivity (Wildman–Crippen MR) is 77.8 cm³/mol. The topological polar surface area (TPSA) is 77.2 Å². The Bertz CT molecular complexity index is 605. The number of rotatable bonds is 7. The molecule has 0 unspecified atom stereocenters. The maximum atomic E-state index is 11.4. The van der Waals surface area contributed by atoms with Crippen LogP contribution in [-0.4, -0.2) is 29.3 Å². The van der Waals surface area contributed by atoms with Gasteiger partial charge >= 0.3 is 0 Å². The molecule has 6 nitrogen and oxygen atoms in total. The molecule has 0 aliphatic heterocycles. The molecular weight excluding hydrogens is 270 g/mol. The van der Waals surface area contributed by atoms with Gasteiger partial charge in [-0.25, -0.2) is 0 Å². The second-order valence-corrected chi connectivity index (χ2v) is 4.26. The molecule has 0 saturated carbocycles. The van der Waals surface area contributed by atoms with Crippen LogP contribution in [-0.2, 0) is 11.2 Å². The average Bonchev–Trinajstić information content (AvgIpc) is 3.00. The van der Waals surface area contributed by atoms with E-state index in [1.165, 1.54) is 0 Å². The molecule has 0 atom stereocenters. The number of hydrogen-bond donors (Lipinski definition) is 1. The Hall–Kier alpha value is -2.63. The molecule has 0 fully saturated rings. The van der Waals surface area contributed by atoms with Crippen LogP contribution < -0.4 is 10.1 Å². The highest BCUT2D eigenvalue weighted by Gasteiger charge is 2.07. The molecule has 0 saturated heterocycles. The van der Waals surface area contributed by atoms with Gasteiger partial charge < -0.3 is 14.5 Å². The van der Waals surface area contributed by atoms with Crippen LogP contribution >= 0.6 is 0 Å². The molecule has 1 amide bonds. The maximum absolute atomic E-state index is 11.4. The first kappa shape index (κ1) is 14.8. The van der Waals surface area contributed by atoms with Gasteiger partial charge in [-0.05, 0) is 24.3 Å². The Morgan fingerprint density at radius 1 is 1.38 bits per heavy atom. The van der Waals surface area contributed by atoms with E-state index < -0.39 is 0 Å². The standard InChI is InChI=1S/C15H17N3O3/c1-3-9-16-13(19)10-20-12-7-5-11(6-8-12)15-18-17-14(4-2)21-15/h3,5-8H,1,4,9-10H2,2H3,(H,16,19). The summed E-state index contributed by atoms with van der Waals surface area (Å²) in [7, 11) is 0. The van der Waals surface area contributed by atoms with E-state index in [0.717, 1.165) is 5.56 Å². The van der Waals surface area contributed by atoms with Gasteiger partial charge in [-0.15, -0.1) is 16.8 Å². The van der Waals surface area contributed by atoms with E-state index in [4.69, 9.17) is 9.15 Å². The minimum Gasteiger partial charge on any atom is -0.484 e. The van der Waals surface area contributed by atoms with Gasteiger partial charge in [0.1, 0.15) is 5.75 Å². The Morgan fingerprint density at radius 3 is 2.76 bits per heavy atom. The van der Waals surface area contributed by atoms with Gasteiger partial charge in [0.2, 0.25) is 11.8 Å². The van der Waals surface area contributed by atoms with Crippen molar-refractivity contribution in [2.45, 2.75) is 13.3 Å². The van der Waals surface area contributed by atoms with Gasteiger partial charge in [-0.2, -0.15) is 0 Å². The second-order valence-electron chi connectivity index (χ2n) is 4.26. The summed E-state index contributed by atoms with van der Waals surface area (Å²) in [5.74, 6) is 1.48. The smallest absolute Gasteiger partial charge is 0.258 e. The van der Waals surface area contributed by atoms with E-state index in [0.29, 0.717) is 30.5 Å². The van der Waals surface area contributed by atoms with E-state index in [9.17, 15) is 4.79 Å². The summed E-state index contributed by atoms with van der Waals surface area (Å²) in [6.45, 7) is 5.87. The van der Waals surface area contributed by atoms with E-state index in [-0.39, 0.29) is 12.5 Å². The third kappa shape index (κ3) is 4.17. The number of aromatic nitrogens is 2.